The van der Waals surface area contributed by atoms with E-state index < -0.39 is 35.7 Å². The summed E-state index contributed by atoms with van der Waals surface area (Å²) in [5, 5.41) is 5.37. The van der Waals surface area contributed by atoms with E-state index in [4.69, 9.17) is 0 Å². The third-order valence-electron chi connectivity index (χ3n) is 5.18. The van der Waals surface area contributed by atoms with Crippen LogP contribution in [-0.2, 0) is 15.1 Å². The van der Waals surface area contributed by atoms with Crippen molar-refractivity contribution >= 4 is 35.3 Å². The number of rotatable bonds is 7. The van der Waals surface area contributed by atoms with Crippen LogP contribution in [0.2, 0.25) is 0 Å². The molecule has 6 nitrogen and oxygen atoms in total. The summed E-state index contributed by atoms with van der Waals surface area (Å²) < 4.78 is 24.9. The molecule has 1 saturated heterocycles. The van der Waals surface area contributed by atoms with Gasteiger partial charge >= 0.3 is 6.03 Å². The van der Waals surface area contributed by atoms with Crippen LogP contribution < -0.4 is 10.6 Å². The first-order valence-corrected chi connectivity index (χ1v) is 10.9. The van der Waals surface area contributed by atoms with Crippen molar-refractivity contribution in [2.75, 3.05) is 11.9 Å². The average molecular weight is 467 g/mol. The van der Waals surface area contributed by atoms with E-state index in [0.717, 1.165) is 4.90 Å². The number of nitrogens with one attached hydrogen (secondary N) is 2. The standard InChI is InChI=1S/C24H19F2N3O3S/c25-22(26)33-19-13-11-18(12-14-19)27-20(30)15-29-21(31)24(28-23(29)32,16-7-3-1-4-8-16)17-9-5-2-6-10-17/h1-14,22H,15H2,(H,27,30)(H,28,32). The Morgan fingerprint density at radius 2 is 1.45 bits per heavy atom. The SMILES string of the molecule is O=C(CN1C(=O)NC(c2ccccc2)(c2ccccc2)C1=O)Nc1ccc(SC(F)F)cc1. The topological polar surface area (TPSA) is 78.5 Å². The van der Waals surface area contributed by atoms with Gasteiger partial charge in [-0.3, -0.25) is 14.5 Å². The van der Waals surface area contributed by atoms with E-state index in [-0.39, 0.29) is 0 Å². The van der Waals surface area contributed by atoms with Crippen LogP contribution in [0.25, 0.3) is 0 Å². The molecule has 3 aromatic rings. The predicted molar refractivity (Wildman–Crippen MR) is 121 cm³/mol. The lowest BCUT2D eigenvalue weighted by atomic mass is 9.82. The van der Waals surface area contributed by atoms with Gasteiger partial charge in [0.25, 0.3) is 11.7 Å². The minimum Gasteiger partial charge on any atom is -0.325 e. The van der Waals surface area contributed by atoms with Crippen molar-refractivity contribution in [3.8, 4) is 0 Å². The molecule has 168 valence electrons. The second-order valence-electron chi connectivity index (χ2n) is 7.25. The van der Waals surface area contributed by atoms with E-state index >= 15 is 0 Å². The largest absolute Gasteiger partial charge is 0.326 e. The van der Waals surface area contributed by atoms with Gasteiger partial charge in [0.05, 0.1) is 0 Å². The molecule has 1 aliphatic heterocycles. The van der Waals surface area contributed by atoms with E-state index in [9.17, 15) is 23.2 Å². The molecule has 0 atom stereocenters. The van der Waals surface area contributed by atoms with Crippen LogP contribution in [0, 0.1) is 0 Å². The van der Waals surface area contributed by atoms with Gasteiger partial charge < -0.3 is 10.6 Å². The Balaban J connectivity index is 1.55. The Morgan fingerprint density at radius 3 is 1.97 bits per heavy atom. The highest BCUT2D eigenvalue weighted by Gasteiger charge is 2.54. The highest BCUT2D eigenvalue weighted by atomic mass is 32.2. The fourth-order valence-electron chi connectivity index (χ4n) is 3.72. The molecular weight excluding hydrogens is 448 g/mol. The number of carbonyl (C=O) groups is 3. The number of halogens is 2. The van der Waals surface area contributed by atoms with Crippen molar-refractivity contribution in [3.05, 3.63) is 96.1 Å². The Labute approximate surface area is 193 Å². The van der Waals surface area contributed by atoms with Crippen LogP contribution in [-0.4, -0.2) is 35.0 Å². The first-order valence-electron chi connectivity index (χ1n) is 10.00. The third-order valence-corrected chi connectivity index (χ3v) is 5.91. The number of carbonyl (C=O) groups excluding carboxylic acids is 3. The number of anilines is 1. The smallest absolute Gasteiger partial charge is 0.325 e. The number of amides is 4. The lowest BCUT2D eigenvalue weighted by Crippen LogP contribution is -2.45. The van der Waals surface area contributed by atoms with Gasteiger partial charge in [-0.25, -0.2) is 4.79 Å². The summed E-state index contributed by atoms with van der Waals surface area (Å²) in [6, 6.07) is 22.8. The summed E-state index contributed by atoms with van der Waals surface area (Å²) in [7, 11) is 0. The number of alkyl halides is 2. The molecule has 0 aromatic heterocycles. The van der Waals surface area contributed by atoms with Crippen LogP contribution >= 0.6 is 11.8 Å². The molecule has 1 aliphatic rings. The number of urea groups is 1. The molecule has 4 amide bonds. The number of benzene rings is 3. The monoisotopic (exact) mass is 467 g/mol. The summed E-state index contributed by atoms with van der Waals surface area (Å²) in [6.07, 6.45) is 0. The molecule has 0 saturated carbocycles. The zero-order valence-corrected chi connectivity index (χ0v) is 18.0. The average Bonchev–Trinajstić information content (AvgIpc) is 3.07. The van der Waals surface area contributed by atoms with Gasteiger partial charge in [-0.2, -0.15) is 8.78 Å². The summed E-state index contributed by atoms with van der Waals surface area (Å²) in [6.45, 7) is -0.500. The van der Waals surface area contributed by atoms with Crippen molar-refractivity contribution in [2.24, 2.45) is 0 Å². The van der Waals surface area contributed by atoms with E-state index in [2.05, 4.69) is 10.6 Å². The zero-order chi connectivity index (χ0) is 23.4. The molecule has 0 spiro atoms. The van der Waals surface area contributed by atoms with E-state index in [1.165, 1.54) is 24.3 Å². The number of hydrogen-bond acceptors (Lipinski definition) is 4. The van der Waals surface area contributed by atoms with Crippen molar-refractivity contribution in [1.82, 2.24) is 10.2 Å². The second kappa shape index (κ2) is 9.41. The predicted octanol–water partition coefficient (Wildman–Crippen LogP) is 4.44. The molecular formula is C24H19F2N3O3S. The van der Waals surface area contributed by atoms with Crippen LogP contribution in [0.15, 0.2) is 89.8 Å². The van der Waals surface area contributed by atoms with Gasteiger partial charge in [0, 0.05) is 10.6 Å². The quantitative estimate of drug-likeness (QED) is 0.398. The second-order valence-corrected chi connectivity index (χ2v) is 8.32. The number of hydrogen-bond donors (Lipinski definition) is 2. The Hall–Kier alpha value is -3.72. The maximum Gasteiger partial charge on any atom is 0.326 e. The van der Waals surface area contributed by atoms with E-state index in [1.807, 2.05) is 0 Å². The first kappa shape index (κ1) is 22.5. The lowest BCUT2D eigenvalue weighted by Gasteiger charge is -2.28. The molecule has 0 aliphatic carbocycles. The summed E-state index contributed by atoms with van der Waals surface area (Å²) in [4.78, 5) is 40.2. The molecule has 33 heavy (non-hydrogen) atoms. The first-order chi connectivity index (χ1) is 15.9. The summed E-state index contributed by atoms with van der Waals surface area (Å²) in [5.74, 6) is -3.70. The molecule has 0 unspecified atom stereocenters. The van der Waals surface area contributed by atoms with Gasteiger partial charge in [0.15, 0.2) is 5.54 Å². The van der Waals surface area contributed by atoms with E-state index in [1.54, 1.807) is 60.7 Å². The number of nitrogens with zero attached hydrogens (tertiary/aromatic N) is 1. The fraction of sp³-hybridized carbons (Fsp3) is 0.125. The van der Waals surface area contributed by atoms with Crippen molar-refractivity contribution < 1.29 is 23.2 Å². The molecule has 9 heteroatoms. The Morgan fingerprint density at radius 1 is 0.909 bits per heavy atom. The molecule has 2 N–H and O–H groups in total. The highest BCUT2D eigenvalue weighted by Crippen LogP contribution is 2.36. The van der Waals surface area contributed by atoms with Crippen molar-refractivity contribution in [2.45, 2.75) is 16.2 Å². The minimum atomic E-state index is -2.54. The fourth-order valence-corrected chi connectivity index (χ4v) is 4.22. The lowest BCUT2D eigenvalue weighted by molar-refractivity contribution is -0.133. The Bertz CT molecular complexity index is 1120. The van der Waals surface area contributed by atoms with Crippen molar-refractivity contribution in [3.63, 3.8) is 0 Å². The number of thioether (sulfide) groups is 1. The van der Waals surface area contributed by atoms with Gasteiger partial charge in [-0.1, -0.05) is 72.4 Å². The van der Waals surface area contributed by atoms with Gasteiger partial charge in [-0.05, 0) is 35.4 Å². The van der Waals surface area contributed by atoms with Gasteiger partial charge in [0.2, 0.25) is 5.91 Å². The van der Waals surface area contributed by atoms with Crippen LogP contribution in [0.1, 0.15) is 11.1 Å². The minimum absolute atomic E-state index is 0.354. The van der Waals surface area contributed by atoms with Crippen molar-refractivity contribution in [1.29, 1.82) is 0 Å². The van der Waals surface area contributed by atoms with Crippen LogP contribution in [0.5, 0.6) is 0 Å². The van der Waals surface area contributed by atoms with Gasteiger partial charge in [0.1, 0.15) is 6.54 Å². The number of imide groups is 1. The summed E-state index contributed by atoms with van der Waals surface area (Å²) in [5.41, 5.74) is 0.0609. The third kappa shape index (κ3) is 4.58. The Kier molecular flexibility index (Phi) is 6.41. The summed E-state index contributed by atoms with van der Waals surface area (Å²) >= 11 is 0.396. The molecule has 4 rings (SSSR count). The van der Waals surface area contributed by atoms with Crippen LogP contribution in [0.3, 0.4) is 0 Å². The molecule has 1 heterocycles. The highest BCUT2D eigenvalue weighted by molar-refractivity contribution is 7.99. The molecule has 1 fully saturated rings. The molecule has 0 radical (unpaired) electrons. The molecule has 3 aromatic carbocycles. The van der Waals surface area contributed by atoms with Crippen LogP contribution in [0.4, 0.5) is 19.3 Å². The zero-order valence-electron chi connectivity index (χ0n) is 17.2. The molecule has 0 bridgehead atoms. The maximum atomic E-state index is 13.6. The normalized spacial score (nSPS) is 14.9. The maximum absolute atomic E-state index is 13.6. The van der Waals surface area contributed by atoms with Gasteiger partial charge in [-0.15, -0.1) is 0 Å². The van der Waals surface area contributed by atoms with E-state index in [0.29, 0.717) is 33.5 Å².